The van der Waals surface area contributed by atoms with Gasteiger partial charge in [-0.2, -0.15) is 13.2 Å². The van der Waals surface area contributed by atoms with E-state index in [0.29, 0.717) is 11.5 Å². The molecule has 3 nitrogen and oxygen atoms in total. The van der Waals surface area contributed by atoms with E-state index < -0.39 is 11.7 Å². The van der Waals surface area contributed by atoms with Crippen LogP contribution in [0.4, 0.5) is 19.0 Å². The van der Waals surface area contributed by atoms with Gasteiger partial charge < -0.3 is 5.32 Å². The van der Waals surface area contributed by atoms with Crippen molar-refractivity contribution >= 4 is 5.82 Å². The summed E-state index contributed by atoms with van der Waals surface area (Å²) in [7, 11) is 0. The molecule has 0 aromatic carbocycles. The average molecular weight is 231 g/mol. The van der Waals surface area contributed by atoms with Crippen LogP contribution in [0.1, 0.15) is 24.4 Å². The number of rotatable bonds is 2. The molecular formula is C10H12F3N3. The molecule has 1 aromatic rings. The van der Waals surface area contributed by atoms with E-state index in [4.69, 9.17) is 0 Å². The van der Waals surface area contributed by atoms with Crippen LogP contribution in [0.5, 0.6) is 0 Å². The minimum atomic E-state index is -4.22. The first kappa shape index (κ1) is 11.2. The lowest BCUT2D eigenvalue weighted by Gasteiger charge is -2.21. The summed E-state index contributed by atoms with van der Waals surface area (Å²) < 4.78 is 38.0. The predicted molar refractivity (Wildman–Crippen MR) is 53.1 cm³/mol. The Labute approximate surface area is 91.1 Å². The smallest absolute Gasteiger partial charge is 0.356 e. The second-order valence-corrected chi connectivity index (χ2v) is 4.15. The molecule has 1 fully saturated rings. The number of hydrogen-bond donors (Lipinski definition) is 1. The number of alkyl halides is 3. The maximum absolute atomic E-state index is 12.7. The number of anilines is 1. The SMILES string of the molecule is Cc1cc(NC2(C(F)(F)F)CC2)nc(C)n1. The maximum Gasteiger partial charge on any atom is 0.411 e. The van der Waals surface area contributed by atoms with Gasteiger partial charge in [0.2, 0.25) is 0 Å². The molecule has 0 amide bonds. The molecule has 0 saturated heterocycles. The Kier molecular flexibility index (Phi) is 2.32. The van der Waals surface area contributed by atoms with Crippen molar-refractivity contribution in [3.63, 3.8) is 0 Å². The van der Waals surface area contributed by atoms with Gasteiger partial charge in [0.25, 0.3) is 0 Å². The molecule has 16 heavy (non-hydrogen) atoms. The lowest BCUT2D eigenvalue weighted by molar-refractivity contribution is -0.151. The van der Waals surface area contributed by atoms with E-state index in [9.17, 15) is 13.2 Å². The Hall–Kier alpha value is -1.33. The van der Waals surface area contributed by atoms with Crippen molar-refractivity contribution in [3.05, 3.63) is 17.6 Å². The molecule has 1 aromatic heterocycles. The van der Waals surface area contributed by atoms with Crippen molar-refractivity contribution in [2.75, 3.05) is 5.32 Å². The van der Waals surface area contributed by atoms with E-state index in [0.717, 1.165) is 0 Å². The van der Waals surface area contributed by atoms with Crippen molar-refractivity contribution in [3.8, 4) is 0 Å². The number of hydrogen-bond acceptors (Lipinski definition) is 3. The van der Waals surface area contributed by atoms with E-state index in [1.807, 2.05) is 0 Å². The molecule has 88 valence electrons. The van der Waals surface area contributed by atoms with Gasteiger partial charge in [-0.25, -0.2) is 9.97 Å². The van der Waals surface area contributed by atoms with Crippen LogP contribution >= 0.6 is 0 Å². The van der Waals surface area contributed by atoms with E-state index in [1.165, 1.54) is 6.07 Å². The zero-order chi connectivity index (χ0) is 12.0. The van der Waals surface area contributed by atoms with E-state index in [2.05, 4.69) is 15.3 Å². The highest BCUT2D eigenvalue weighted by molar-refractivity contribution is 5.42. The van der Waals surface area contributed by atoms with Crippen LogP contribution in [-0.4, -0.2) is 21.7 Å². The minimum absolute atomic E-state index is 0.110. The first-order valence-corrected chi connectivity index (χ1v) is 5.00. The molecule has 0 aliphatic heterocycles. The van der Waals surface area contributed by atoms with Gasteiger partial charge in [0, 0.05) is 11.8 Å². The van der Waals surface area contributed by atoms with Gasteiger partial charge in [-0.1, -0.05) is 0 Å². The highest BCUT2D eigenvalue weighted by atomic mass is 19.4. The van der Waals surface area contributed by atoms with E-state index in [-0.39, 0.29) is 18.7 Å². The molecule has 0 atom stereocenters. The molecular weight excluding hydrogens is 219 g/mol. The van der Waals surface area contributed by atoms with Crippen molar-refractivity contribution in [2.24, 2.45) is 0 Å². The van der Waals surface area contributed by atoms with Crippen LogP contribution in [0.25, 0.3) is 0 Å². The molecule has 1 heterocycles. The number of nitrogens with zero attached hydrogens (tertiary/aromatic N) is 2. The number of aryl methyl sites for hydroxylation is 2. The van der Waals surface area contributed by atoms with Crippen LogP contribution < -0.4 is 5.32 Å². The predicted octanol–water partition coefficient (Wildman–Crippen LogP) is 2.60. The zero-order valence-corrected chi connectivity index (χ0v) is 9.02. The summed E-state index contributed by atoms with van der Waals surface area (Å²) in [6.07, 6.45) is -4.00. The third-order valence-corrected chi connectivity index (χ3v) is 2.63. The normalized spacial score (nSPS) is 18.3. The quantitative estimate of drug-likeness (QED) is 0.850. The fourth-order valence-electron chi connectivity index (χ4n) is 1.63. The highest BCUT2D eigenvalue weighted by Crippen LogP contribution is 2.50. The number of nitrogens with one attached hydrogen (secondary N) is 1. The van der Waals surface area contributed by atoms with E-state index in [1.54, 1.807) is 13.8 Å². The van der Waals surface area contributed by atoms with Gasteiger partial charge in [-0.3, -0.25) is 0 Å². The average Bonchev–Trinajstić information content (AvgIpc) is 2.81. The summed E-state index contributed by atoms with van der Waals surface area (Å²) in [5.74, 6) is 0.722. The van der Waals surface area contributed by atoms with Crippen LogP contribution in [0.15, 0.2) is 6.07 Å². The molecule has 1 aliphatic carbocycles. The molecule has 1 aliphatic rings. The van der Waals surface area contributed by atoms with Crippen molar-refractivity contribution in [1.82, 2.24) is 9.97 Å². The van der Waals surface area contributed by atoms with Crippen molar-refractivity contribution < 1.29 is 13.2 Å². The van der Waals surface area contributed by atoms with E-state index >= 15 is 0 Å². The summed E-state index contributed by atoms with van der Waals surface area (Å²) >= 11 is 0. The first-order chi connectivity index (χ1) is 7.32. The summed E-state index contributed by atoms with van der Waals surface area (Å²) in [5, 5.41) is 2.47. The van der Waals surface area contributed by atoms with Crippen molar-refractivity contribution in [2.45, 2.75) is 38.4 Å². The number of aromatic nitrogens is 2. The number of halogens is 3. The molecule has 0 bridgehead atoms. The summed E-state index contributed by atoms with van der Waals surface area (Å²) in [5.41, 5.74) is -1.10. The van der Waals surface area contributed by atoms with Crippen LogP contribution in [0.3, 0.4) is 0 Å². The fourth-order valence-corrected chi connectivity index (χ4v) is 1.63. The summed E-state index contributed by atoms with van der Waals surface area (Å²) in [6.45, 7) is 3.39. The van der Waals surface area contributed by atoms with Crippen LogP contribution in [0.2, 0.25) is 0 Å². The molecule has 0 radical (unpaired) electrons. The van der Waals surface area contributed by atoms with Gasteiger partial charge in [-0.05, 0) is 26.7 Å². The van der Waals surface area contributed by atoms with Crippen LogP contribution in [0, 0.1) is 13.8 Å². The zero-order valence-electron chi connectivity index (χ0n) is 9.02. The molecule has 0 unspecified atom stereocenters. The van der Waals surface area contributed by atoms with Gasteiger partial charge >= 0.3 is 6.18 Å². The molecule has 1 saturated carbocycles. The van der Waals surface area contributed by atoms with Gasteiger partial charge in [0.1, 0.15) is 17.2 Å². The highest BCUT2D eigenvalue weighted by Gasteiger charge is 2.63. The molecule has 2 rings (SSSR count). The van der Waals surface area contributed by atoms with Gasteiger partial charge in [0.05, 0.1) is 0 Å². The lowest BCUT2D eigenvalue weighted by Crippen LogP contribution is -2.39. The van der Waals surface area contributed by atoms with Crippen LogP contribution in [-0.2, 0) is 0 Å². The monoisotopic (exact) mass is 231 g/mol. The van der Waals surface area contributed by atoms with Gasteiger partial charge in [-0.15, -0.1) is 0 Å². The first-order valence-electron chi connectivity index (χ1n) is 5.00. The Bertz CT molecular complexity index is 390. The summed E-state index contributed by atoms with van der Waals surface area (Å²) in [4.78, 5) is 7.96. The topological polar surface area (TPSA) is 37.8 Å². The maximum atomic E-state index is 12.7. The van der Waals surface area contributed by atoms with Gasteiger partial charge in [0.15, 0.2) is 0 Å². The fraction of sp³-hybridized carbons (Fsp3) is 0.600. The third-order valence-electron chi connectivity index (χ3n) is 2.63. The largest absolute Gasteiger partial charge is 0.411 e. The standard InChI is InChI=1S/C10H12F3N3/c1-6-5-8(15-7(2)14-6)16-9(3-4-9)10(11,12)13/h5H,3-4H2,1-2H3,(H,14,15,16). The van der Waals surface area contributed by atoms with Crippen molar-refractivity contribution in [1.29, 1.82) is 0 Å². The lowest BCUT2D eigenvalue weighted by atomic mass is 10.2. The Balaban J connectivity index is 2.22. The molecule has 6 heteroatoms. The second kappa shape index (κ2) is 3.33. The molecule has 0 spiro atoms. The Morgan fingerprint density at radius 2 is 1.88 bits per heavy atom. The molecule has 1 N–H and O–H groups in total. The summed E-state index contributed by atoms with van der Waals surface area (Å²) in [6, 6.07) is 1.53. The second-order valence-electron chi connectivity index (χ2n) is 4.15. The minimum Gasteiger partial charge on any atom is -0.356 e. The third kappa shape index (κ3) is 1.96. The Morgan fingerprint density at radius 3 is 2.31 bits per heavy atom. The Morgan fingerprint density at radius 1 is 1.25 bits per heavy atom.